The van der Waals surface area contributed by atoms with Crippen molar-refractivity contribution in [3.63, 3.8) is 0 Å². The number of halogens is 1. The van der Waals surface area contributed by atoms with Gasteiger partial charge in [0.2, 0.25) is 0 Å². The third kappa shape index (κ3) is 5.65. The molecule has 1 aliphatic rings. The predicted molar refractivity (Wildman–Crippen MR) is 131 cm³/mol. The number of nitrogens with two attached hydrogens (primary N) is 1. The molecule has 1 saturated heterocycles. The van der Waals surface area contributed by atoms with Gasteiger partial charge in [-0.05, 0) is 42.2 Å². The molecule has 0 radical (unpaired) electrons. The standard InChI is InChI=1S/C25H27N5O.ClH/c26-24(27)21-7-4-8-23(16-21)29-11-13-30(14-12-29)25(31)22-15-20(17-28-18-22)10-9-19-5-2-1-3-6-19;/h1-8,15-18H,9-14H2,(H3,26,27);1H. The predicted octanol–water partition coefficient (Wildman–Crippen LogP) is 3.54. The highest BCUT2D eigenvalue weighted by Crippen LogP contribution is 2.19. The van der Waals surface area contributed by atoms with Gasteiger partial charge in [-0.25, -0.2) is 0 Å². The monoisotopic (exact) mass is 449 g/mol. The molecule has 1 fully saturated rings. The summed E-state index contributed by atoms with van der Waals surface area (Å²) >= 11 is 0. The summed E-state index contributed by atoms with van der Waals surface area (Å²) in [4.78, 5) is 21.5. The maximum atomic E-state index is 13.0. The molecular weight excluding hydrogens is 422 g/mol. The second kappa shape index (κ2) is 10.8. The summed E-state index contributed by atoms with van der Waals surface area (Å²) in [5.74, 6) is 0.0986. The van der Waals surface area contributed by atoms with Crippen molar-refractivity contribution in [3.05, 3.63) is 95.3 Å². The molecule has 166 valence electrons. The molecule has 2 heterocycles. The van der Waals surface area contributed by atoms with Crippen LogP contribution in [0.1, 0.15) is 27.0 Å². The van der Waals surface area contributed by atoms with Gasteiger partial charge < -0.3 is 15.5 Å². The van der Waals surface area contributed by atoms with Crippen LogP contribution in [0.4, 0.5) is 5.69 Å². The van der Waals surface area contributed by atoms with E-state index in [2.05, 4.69) is 22.0 Å². The molecule has 3 N–H and O–H groups in total. The molecule has 32 heavy (non-hydrogen) atoms. The van der Waals surface area contributed by atoms with Gasteiger partial charge in [-0.1, -0.05) is 42.5 Å². The SMILES string of the molecule is Cl.N=C(N)c1cccc(N2CCN(C(=O)c3cncc(CCc4ccccc4)c3)CC2)c1. The first-order valence-corrected chi connectivity index (χ1v) is 10.6. The molecule has 1 amide bonds. The molecule has 0 bridgehead atoms. The van der Waals surface area contributed by atoms with Crippen molar-refractivity contribution in [1.82, 2.24) is 9.88 Å². The lowest BCUT2D eigenvalue weighted by molar-refractivity contribution is 0.0746. The second-order valence-corrected chi connectivity index (χ2v) is 7.81. The first-order valence-electron chi connectivity index (χ1n) is 10.6. The number of aryl methyl sites for hydroxylation is 2. The first kappa shape index (κ1) is 23.3. The highest BCUT2D eigenvalue weighted by molar-refractivity contribution is 5.96. The van der Waals surface area contributed by atoms with Crippen molar-refractivity contribution in [2.75, 3.05) is 31.1 Å². The lowest BCUT2D eigenvalue weighted by atomic mass is 10.0. The first-order chi connectivity index (χ1) is 15.1. The second-order valence-electron chi connectivity index (χ2n) is 7.81. The molecule has 0 spiro atoms. The number of aromatic nitrogens is 1. The number of pyridine rings is 1. The molecule has 0 atom stereocenters. The van der Waals surface area contributed by atoms with Gasteiger partial charge in [0.05, 0.1) is 5.56 Å². The average Bonchev–Trinajstić information content (AvgIpc) is 2.83. The summed E-state index contributed by atoms with van der Waals surface area (Å²) in [6.07, 6.45) is 5.30. The molecule has 0 aliphatic carbocycles. The third-order valence-corrected chi connectivity index (χ3v) is 5.68. The fourth-order valence-corrected chi connectivity index (χ4v) is 3.90. The number of piperazine rings is 1. The van der Waals surface area contributed by atoms with Crippen LogP contribution < -0.4 is 10.6 Å². The van der Waals surface area contributed by atoms with E-state index in [9.17, 15) is 4.79 Å². The summed E-state index contributed by atoms with van der Waals surface area (Å²) < 4.78 is 0. The van der Waals surface area contributed by atoms with Gasteiger partial charge >= 0.3 is 0 Å². The normalized spacial score (nSPS) is 13.4. The number of amidine groups is 1. The third-order valence-electron chi connectivity index (χ3n) is 5.68. The van der Waals surface area contributed by atoms with Crippen molar-refractivity contribution in [2.45, 2.75) is 12.8 Å². The van der Waals surface area contributed by atoms with Crippen molar-refractivity contribution in [3.8, 4) is 0 Å². The Morgan fingerprint density at radius 1 is 0.875 bits per heavy atom. The van der Waals surface area contributed by atoms with Crippen LogP contribution in [0.15, 0.2) is 73.1 Å². The Morgan fingerprint density at radius 3 is 2.31 bits per heavy atom. The van der Waals surface area contributed by atoms with Crippen LogP contribution >= 0.6 is 12.4 Å². The average molecular weight is 450 g/mol. The number of amides is 1. The lowest BCUT2D eigenvalue weighted by Gasteiger charge is -2.36. The van der Waals surface area contributed by atoms with E-state index in [1.165, 1.54) is 5.56 Å². The molecule has 7 heteroatoms. The molecule has 2 aromatic carbocycles. The Kier molecular flexibility index (Phi) is 7.84. The van der Waals surface area contributed by atoms with E-state index >= 15 is 0 Å². The van der Waals surface area contributed by atoms with Gasteiger partial charge in [0.1, 0.15) is 5.84 Å². The summed E-state index contributed by atoms with van der Waals surface area (Å²) in [6.45, 7) is 2.79. The van der Waals surface area contributed by atoms with E-state index in [0.717, 1.165) is 42.7 Å². The van der Waals surface area contributed by atoms with E-state index in [1.54, 1.807) is 6.20 Å². The number of nitrogen functional groups attached to an aromatic ring is 1. The van der Waals surface area contributed by atoms with Gasteiger partial charge in [-0.3, -0.25) is 15.2 Å². The molecule has 3 aromatic rings. The van der Waals surface area contributed by atoms with Gasteiger partial charge in [-0.2, -0.15) is 0 Å². The number of nitrogens with one attached hydrogen (secondary N) is 1. The lowest BCUT2D eigenvalue weighted by Crippen LogP contribution is -2.48. The molecule has 0 unspecified atom stereocenters. The maximum Gasteiger partial charge on any atom is 0.255 e. The van der Waals surface area contributed by atoms with E-state index in [-0.39, 0.29) is 24.1 Å². The van der Waals surface area contributed by atoms with Gasteiger partial charge in [0.25, 0.3) is 5.91 Å². The number of anilines is 1. The van der Waals surface area contributed by atoms with Crippen LogP contribution in [0.5, 0.6) is 0 Å². The highest BCUT2D eigenvalue weighted by Gasteiger charge is 2.23. The number of hydrogen-bond donors (Lipinski definition) is 2. The van der Waals surface area contributed by atoms with Crippen molar-refractivity contribution in [1.29, 1.82) is 5.41 Å². The summed E-state index contributed by atoms with van der Waals surface area (Å²) in [7, 11) is 0. The van der Waals surface area contributed by atoms with Crippen LogP contribution in [0.3, 0.4) is 0 Å². The van der Waals surface area contributed by atoms with Gasteiger partial charge in [-0.15, -0.1) is 12.4 Å². The van der Waals surface area contributed by atoms with Crippen LogP contribution in [0, 0.1) is 5.41 Å². The molecule has 4 rings (SSSR count). The minimum atomic E-state index is 0. The molecule has 0 saturated carbocycles. The quantitative estimate of drug-likeness (QED) is 0.445. The summed E-state index contributed by atoms with van der Waals surface area (Å²) in [5.41, 5.74) is 10.4. The van der Waals surface area contributed by atoms with Crippen molar-refractivity contribution in [2.24, 2.45) is 5.73 Å². The summed E-state index contributed by atoms with van der Waals surface area (Å²) in [6, 6.07) is 20.0. The van der Waals surface area contributed by atoms with Gasteiger partial charge in [0.15, 0.2) is 0 Å². The zero-order valence-electron chi connectivity index (χ0n) is 17.9. The topological polar surface area (TPSA) is 86.3 Å². The Balaban J connectivity index is 0.00000289. The zero-order chi connectivity index (χ0) is 21.6. The Labute approximate surface area is 195 Å². The van der Waals surface area contributed by atoms with E-state index in [4.69, 9.17) is 11.1 Å². The maximum absolute atomic E-state index is 13.0. The molecule has 1 aromatic heterocycles. The van der Waals surface area contributed by atoms with Crippen LogP contribution in [0.25, 0.3) is 0 Å². The van der Waals surface area contributed by atoms with Crippen molar-refractivity contribution < 1.29 is 4.79 Å². The fourth-order valence-electron chi connectivity index (χ4n) is 3.90. The van der Waals surface area contributed by atoms with E-state index in [0.29, 0.717) is 18.7 Å². The molecule has 1 aliphatic heterocycles. The van der Waals surface area contributed by atoms with Crippen LogP contribution in [0.2, 0.25) is 0 Å². The molecule has 6 nitrogen and oxygen atoms in total. The number of carbonyl (C=O) groups is 1. The van der Waals surface area contributed by atoms with Crippen molar-refractivity contribution >= 4 is 29.8 Å². The number of benzene rings is 2. The van der Waals surface area contributed by atoms with Crippen LogP contribution in [-0.2, 0) is 12.8 Å². The number of hydrogen-bond acceptors (Lipinski definition) is 4. The number of rotatable bonds is 6. The van der Waals surface area contributed by atoms with Crippen LogP contribution in [-0.4, -0.2) is 47.8 Å². The van der Waals surface area contributed by atoms with Gasteiger partial charge in [0, 0.05) is 49.8 Å². The minimum absolute atomic E-state index is 0. The number of carbonyl (C=O) groups excluding carboxylic acids is 1. The Hall–Kier alpha value is -3.38. The number of nitrogens with zero attached hydrogens (tertiary/aromatic N) is 3. The molecular formula is C25H28ClN5O. The van der Waals surface area contributed by atoms with E-state index < -0.39 is 0 Å². The smallest absolute Gasteiger partial charge is 0.255 e. The summed E-state index contributed by atoms with van der Waals surface area (Å²) in [5, 5.41) is 7.63. The zero-order valence-corrected chi connectivity index (χ0v) is 18.7. The largest absolute Gasteiger partial charge is 0.384 e. The fraction of sp³-hybridized carbons (Fsp3) is 0.240. The Morgan fingerprint density at radius 2 is 1.59 bits per heavy atom. The Bertz CT molecular complexity index is 1060. The minimum Gasteiger partial charge on any atom is -0.384 e. The van der Waals surface area contributed by atoms with E-state index in [1.807, 2.05) is 59.6 Å². The highest BCUT2D eigenvalue weighted by atomic mass is 35.5.